The second kappa shape index (κ2) is 7.56. The average Bonchev–Trinajstić information content (AvgIpc) is 2.42. The minimum absolute atomic E-state index is 0.115. The summed E-state index contributed by atoms with van der Waals surface area (Å²) < 4.78 is 0. The topological polar surface area (TPSA) is 113 Å². The van der Waals surface area contributed by atoms with Crippen molar-refractivity contribution in [2.24, 2.45) is 5.84 Å². The van der Waals surface area contributed by atoms with Crippen LogP contribution < -0.4 is 16.2 Å². The van der Waals surface area contributed by atoms with Gasteiger partial charge in [0.2, 0.25) is 11.8 Å². The highest BCUT2D eigenvalue weighted by molar-refractivity contribution is 5.58. The second-order valence-corrected chi connectivity index (χ2v) is 4.59. The Morgan fingerprint density at radius 1 is 1.40 bits per heavy atom. The summed E-state index contributed by atoms with van der Waals surface area (Å²) in [5, 5.41) is 11.1. The molecule has 3 N–H and O–H groups in total. The highest BCUT2D eigenvalue weighted by atomic mass is 16.6. The molecule has 0 aliphatic heterocycles. The summed E-state index contributed by atoms with van der Waals surface area (Å²) >= 11 is 0. The Morgan fingerprint density at radius 3 is 2.60 bits per heavy atom. The molecule has 0 unspecified atom stereocenters. The first-order valence-electron chi connectivity index (χ1n) is 6.37. The number of nitrogens with one attached hydrogen (secondary N) is 1. The van der Waals surface area contributed by atoms with E-state index in [4.69, 9.17) is 5.84 Å². The first-order valence-corrected chi connectivity index (χ1v) is 6.37. The molecular formula is C11H21N7O2. The maximum atomic E-state index is 11.1. The van der Waals surface area contributed by atoms with Gasteiger partial charge in [0.25, 0.3) is 0 Å². The van der Waals surface area contributed by atoms with Crippen LogP contribution in [0.4, 0.5) is 17.5 Å². The monoisotopic (exact) mass is 283 g/mol. The lowest BCUT2D eigenvalue weighted by atomic mass is 10.3. The summed E-state index contributed by atoms with van der Waals surface area (Å²) in [5.74, 6) is 5.73. The molecule has 1 aromatic rings. The first kappa shape index (κ1) is 16.1. The SMILES string of the molecule is CCCN(CCN(C)C)c1nc(NN)ncc1[N+](=O)[O-]. The molecule has 1 aromatic heterocycles. The van der Waals surface area contributed by atoms with Gasteiger partial charge in [-0.05, 0) is 20.5 Å². The van der Waals surface area contributed by atoms with Crippen molar-refractivity contribution in [3.8, 4) is 0 Å². The van der Waals surface area contributed by atoms with E-state index in [0.717, 1.165) is 13.0 Å². The van der Waals surface area contributed by atoms with Crippen LogP contribution in [0.25, 0.3) is 0 Å². The van der Waals surface area contributed by atoms with Crippen LogP contribution in [0.15, 0.2) is 6.20 Å². The molecule has 20 heavy (non-hydrogen) atoms. The molecule has 9 nitrogen and oxygen atoms in total. The number of nitro groups is 1. The summed E-state index contributed by atoms with van der Waals surface area (Å²) in [6, 6.07) is 0. The van der Waals surface area contributed by atoms with Gasteiger partial charge in [0.15, 0.2) is 0 Å². The highest BCUT2D eigenvalue weighted by Crippen LogP contribution is 2.26. The molecule has 112 valence electrons. The van der Waals surface area contributed by atoms with Crippen molar-refractivity contribution in [3.05, 3.63) is 16.3 Å². The summed E-state index contributed by atoms with van der Waals surface area (Å²) in [5.41, 5.74) is 2.20. The maximum Gasteiger partial charge on any atom is 0.329 e. The minimum Gasteiger partial charge on any atom is -0.349 e. The lowest BCUT2D eigenvalue weighted by Crippen LogP contribution is -2.33. The molecule has 0 spiro atoms. The van der Waals surface area contributed by atoms with Crippen molar-refractivity contribution < 1.29 is 4.92 Å². The number of nitrogens with zero attached hydrogens (tertiary/aromatic N) is 5. The molecule has 0 amide bonds. The van der Waals surface area contributed by atoms with Crippen molar-refractivity contribution in [3.63, 3.8) is 0 Å². The van der Waals surface area contributed by atoms with E-state index in [2.05, 4.69) is 15.4 Å². The van der Waals surface area contributed by atoms with Gasteiger partial charge in [0, 0.05) is 19.6 Å². The number of nitrogen functional groups attached to an aromatic ring is 1. The summed E-state index contributed by atoms with van der Waals surface area (Å²) in [4.78, 5) is 22.4. The van der Waals surface area contributed by atoms with E-state index in [-0.39, 0.29) is 11.6 Å². The molecule has 1 rings (SSSR count). The zero-order valence-electron chi connectivity index (χ0n) is 12.0. The van der Waals surface area contributed by atoms with Gasteiger partial charge < -0.3 is 9.80 Å². The third-order valence-corrected chi connectivity index (χ3v) is 2.69. The second-order valence-electron chi connectivity index (χ2n) is 4.59. The van der Waals surface area contributed by atoms with Crippen LogP contribution in [0.3, 0.4) is 0 Å². The van der Waals surface area contributed by atoms with Crippen LogP contribution in [0.5, 0.6) is 0 Å². The molecule has 0 aliphatic rings. The number of hydrogen-bond donors (Lipinski definition) is 2. The van der Waals surface area contributed by atoms with E-state index in [1.807, 2.05) is 30.8 Å². The fraction of sp³-hybridized carbons (Fsp3) is 0.636. The van der Waals surface area contributed by atoms with Crippen molar-refractivity contribution in [1.82, 2.24) is 14.9 Å². The van der Waals surface area contributed by atoms with Crippen LogP contribution in [-0.2, 0) is 0 Å². The van der Waals surface area contributed by atoms with Crippen LogP contribution in [0.2, 0.25) is 0 Å². The maximum absolute atomic E-state index is 11.1. The molecule has 0 bridgehead atoms. The Labute approximate surface area is 117 Å². The van der Waals surface area contributed by atoms with Gasteiger partial charge in [0.05, 0.1) is 4.92 Å². The zero-order chi connectivity index (χ0) is 15.1. The molecule has 1 heterocycles. The summed E-state index contributed by atoms with van der Waals surface area (Å²) in [6.07, 6.45) is 2.04. The van der Waals surface area contributed by atoms with E-state index >= 15 is 0 Å². The lowest BCUT2D eigenvalue weighted by Gasteiger charge is -2.24. The van der Waals surface area contributed by atoms with E-state index in [1.165, 1.54) is 6.20 Å². The lowest BCUT2D eigenvalue weighted by molar-refractivity contribution is -0.384. The number of hydrogen-bond acceptors (Lipinski definition) is 8. The molecule has 0 radical (unpaired) electrons. The Bertz CT molecular complexity index is 452. The molecule has 0 atom stereocenters. The third kappa shape index (κ3) is 4.28. The van der Waals surface area contributed by atoms with Crippen LogP contribution in [0, 0.1) is 10.1 Å². The molecule has 0 aliphatic carbocycles. The third-order valence-electron chi connectivity index (χ3n) is 2.69. The summed E-state index contributed by atoms with van der Waals surface area (Å²) in [7, 11) is 3.90. The van der Waals surface area contributed by atoms with E-state index in [1.54, 1.807) is 0 Å². The van der Waals surface area contributed by atoms with Gasteiger partial charge in [-0.15, -0.1) is 0 Å². The Balaban J connectivity index is 3.10. The Morgan fingerprint density at radius 2 is 2.10 bits per heavy atom. The average molecular weight is 283 g/mol. The molecule has 0 aromatic carbocycles. The number of nitrogens with two attached hydrogens (primary N) is 1. The smallest absolute Gasteiger partial charge is 0.329 e. The van der Waals surface area contributed by atoms with Gasteiger partial charge in [-0.25, -0.2) is 10.8 Å². The Hall–Kier alpha value is -2.00. The largest absolute Gasteiger partial charge is 0.349 e. The normalized spacial score (nSPS) is 10.7. The Kier molecular flexibility index (Phi) is 6.07. The minimum atomic E-state index is -0.478. The molecule has 0 saturated carbocycles. The van der Waals surface area contributed by atoms with Crippen LogP contribution in [-0.4, -0.2) is 53.5 Å². The van der Waals surface area contributed by atoms with Crippen molar-refractivity contribution in [2.45, 2.75) is 13.3 Å². The van der Waals surface area contributed by atoms with E-state index in [0.29, 0.717) is 18.9 Å². The van der Waals surface area contributed by atoms with Crippen LogP contribution in [0.1, 0.15) is 13.3 Å². The van der Waals surface area contributed by atoms with Crippen molar-refractivity contribution in [2.75, 3.05) is 44.1 Å². The predicted molar refractivity (Wildman–Crippen MR) is 77.6 cm³/mol. The summed E-state index contributed by atoms with van der Waals surface area (Å²) in [6.45, 7) is 4.10. The fourth-order valence-electron chi connectivity index (χ4n) is 1.71. The molecule has 0 fully saturated rings. The van der Waals surface area contributed by atoms with Crippen LogP contribution >= 0.6 is 0 Å². The zero-order valence-corrected chi connectivity index (χ0v) is 12.0. The van der Waals surface area contributed by atoms with Gasteiger partial charge in [-0.3, -0.25) is 15.5 Å². The number of rotatable bonds is 8. The highest BCUT2D eigenvalue weighted by Gasteiger charge is 2.22. The quantitative estimate of drug-likeness (QED) is 0.401. The first-order chi connectivity index (χ1) is 9.49. The van der Waals surface area contributed by atoms with Gasteiger partial charge in [-0.2, -0.15) is 4.98 Å². The number of aromatic nitrogens is 2. The number of hydrazine groups is 1. The fourth-order valence-corrected chi connectivity index (χ4v) is 1.71. The van der Waals surface area contributed by atoms with Gasteiger partial charge in [0.1, 0.15) is 6.20 Å². The van der Waals surface area contributed by atoms with Crippen molar-refractivity contribution in [1.29, 1.82) is 0 Å². The number of anilines is 2. The van der Waals surface area contributed by atoms with E-state index < -0.39 is 4.92 Å². The molecule has 9 heteroatoms. The van der Waals surface area contributed by atoms with E-state index in [9.17, 15) is 10.1 Å². The number of likely N-dealkylation sites (N-methyl/N-ethyl adjacent to an activating group) is 1. The van der Waals surface area contributed by atoms with Gasteiger partial charge >= 0.3 is 5.69 Å². The van der Waals surface area contributed by atoms with Crippen molar-refractivity contribution >= 4 is 17.5 Å². The van der Waals surface area contributed by atoms with Gasteiger partial charge in [-0.1, -0.05) is 6.92 Å². The predicted octanol–water partition coefficient (Wildman–Crippen LogP) is 0.448. The standard InChI is InChI=1S/C11H21N7O2/c1-4-5-17(7-6-16(2)3)10-9(18(19)20)8-13-11(14-10)15-12/h8H,4-7,12H2,1-3H3,(H,13,14,15). The molecule has 0 saturated heterocycles. The molecular weight excluding hydrogens is 262 g/mol.